The Kier molecular flexibility index (Phi) is 6.08. The van der Waals surface area contributed by atoms with E-state index >= 15 is 0 Å². The summed E-state index contributed by atoms with van der Waals surface area (Å²) < 4.78 is 5.44. The van der Waals surface area contributed by atoms with Crippen molar-refractivity contribution in [1.29, 1.82) is 0 Å². The van der Waals surface area contributed by atoms with Gasteiger partial charge >= 0.3 is 0 Å². The summed E-state index contributed by atoms with van der Waals surface area (Å²) in [5.74, 6) is 2.61. The molecule has 8 nitrogen and oxygen atoms in total. The van der Waals surface area contributed by atoms with E-state index in [1.54, 1.807) is 17.5 Å². The van der Waals surface area contributed by atoms with Crippen LogP contribution in [0.15, 0.2) is 28.2 Å². The number of thiophene rings is 1. The molecule has 9 heteroatoms. The minimum Gasteiger partial charge on any atom is -0.355 e. The number of nitrogens with zero attached hydrogens (tertiary/aromatic N) is 6. The fourth-order valence-electron chi connectivity index (χ4n) is 3.75. The van der Waals surface area contributed by atoms with Crippen LogP contribution >= 0.6 is 11.3 Å². The molecule has 3 aromatic heterocycles. The molecule has 0 radical (unpaired) electrons. The number of aryl methyl sites for hydroxylation is 2. The topological polar surface area (TPSA) is 88.2 Å². The quantitative estimate of drug-likeness (QED) is 0.597. The molecule has 158 valence electrons. The summed E-state index contributed by atoms with van der Waals surface area (Å²) in [4.78, 5) is 31.7. The van der Waals surface area contributed by atoms with Gasteiger partial charge in [0.25, 0.3) is 5.89 Å². The summed E-state index contributed by atoms with van der Waals surface area (Å²) in [5, 5.41) is 6.04. The number of hydrogen-bond donors (Lipinski definition) is 0. The minimum atomic E-state index is -0.0688. The molecule has 1 saturated heterocycles. The molecular formula is C21H26N6O2S. The van der Waals surface area contributed by atoms with E-state index in [2.05, 4.69) is 31.1 Å². The fourth-order valence-corrected chi connectivity index (χ4v) is 4.51. The smallest absolute Gasteiger partial charge is 0.263 e. The van der Waals surface area contributed by atoms with Gasteiger partial charge in [-0.05, 0) is 31.2 Å². The molecule has 0 saturated carbocycles. The molecule has 0 spiro atoms. The van der Waals surface area contributed by atoms with Crippen LogP contribution < -0.4 is 4.90 Å². The zero-order valence-corrected chi connectivity index (χ0v) is 18.4. The van der Waals surface area contributed by atoms with Crippen LogP contribution in [0.3, 0.4) is 0 Å². The molecule has 1 unspecified atom stereocenters. The van der Waals surface area contributed by atoms with Crippen molar-refractivity contribution in [2.75, 3.05) is 25.0 Å². The number of rotatable bonds is 6. The largest absolute Gasteiger partial charge is 0.355 e. The van der Waals surface area contributed by atoms with Gasteiger partial charge in [-0.15, -0.1) is 11.3 Å². The number of hydrogen-bond acceptors (Lipinski definition) is 8. The second-order valence-electron chi connectivity index (χ2n) is 7.58. The van der Waals surface area contributed by atoms with E-state index in [1.807, 2.05) is 37.2 Å². The third kappa shape index (κ3) is 4.35. The summed E-state index contributed by atoms with van der Waals surface area (Å²) in [6.07, 6.45) is 4.24. The van der Waals surface area contributed by atoms with Gasteiger partial charge in [-0.3, -0.25) is 4.79 Å². The Labute approximate surface area is 179 Å². The molecular weight excluding hydrogens is 400 g/mol. The van der Waals surface area contributed by atoms with Crippen molar-refractivity contribution in [3.8, 4) is 11.5 Å². The summed E-state index contributed by atoms with van der Waals surface area (Å²) in [6.45, 7) is 5.93. The molecule has 0 N–H and O–H groups in total. The minimum absolute atomic E-state index is 0.0688. The van der Waals surface area contributed by atoms with Gasteiger partial charge in [0.15, 0.2) is 5.82 Å². The molecule has 1 amide bonds. The standard InChI is InChI=1S/C21H26N6O2S/c1-4-18-24-20(29-25-18)17-11-22-14(2)23-19(17)27-9-5-7-15(12-27)21(28)26(3)13-16-8-6-10-30-16/h6,8,10-11,15H,4-5,7,9,12-13H2,1-3H3. The molecule has 4 heterocycles. The SMILES string of the molecule is CCc1noc(-c2cnc(C)nc2N2CCCC(C(=O)N(C)Cc3cccs3)C2)n1. The maximum absolute atomic E-state index is 13.1. The number of carbonyl (C=O) groups excluding carboxylic acids is 1. The zero-order chi connectivity index (χ0) is 21.1. The number of carbonyl (C=O) groups is 1. The molecule has 1 aliphatic rings. The lowest BCUT2D eigenvalue weighted by Crippen LogP contribution is -2.44. The summed E-state index contributed by atoms with van der Waals surface area (Å²) >= 11 is 1.67. The van der Waals surface area contributed by atoms with Crippen molar-refractivity contribution in [2.45, 2.75) is 39.7 Å². The molecule has 0 bridgehead atoms. The van der Waals surface area contributed by atoms with Gasteiger partial charge in [-0.1, -0.05) is 18.1 Å². The highest BCUT2D eigenvalue weighted by Gasteiger charge is 2.31. The Morgan fingerprint density at radius 2 is 2.27 bits per heavy atom. The molecule has 1 fully saturated rings. The van der Waals surface area contributed by atoms with Gasteiger partial charge in [-0.25, -0.2) is 9.97 Å². The first-order valence-corrected chi connectivity index (χ1v) is 11.1. The lowest BCUT2D eigenvalue weighted by Gasteiger charge is -2.35. The van der Waals surface area contributed by atoms with Crippen molar-refractivity contribution in [1.82, 2.24) is 25.0 Å². The second kappa shape index (κ2) is 8.91. The van der Waals surface area contributed by atoms with Crippen LogP contribution in [0.2, 0.25) is 0 Å². The van der Waals surface area contributed by atoms with E-state index in [-0.39, 0.29) is 11.8 Å². The summed E-state index contributed by atoms with van der Waals surface area (Å²) in [5.41, 5.74) is 0.716. The summed E-state index contributed by atoms with van der Waals surface area (Å²) in [6, 6.07) is 4.08. The highest BCUT2D eigenvalue weighted by Crippen LogP contribution is 2.31. The third-order valence-corrected chi connectivity index (χ3v) is 6.18. The van der Waals surface area contributed by atoms with Crippen LogP contribution in [0.5, 0.6) is 0 Å². The molecule has 30 heavy (non-hydrogen) atoms. The van der Waals surface area contributed by atoms with Crippen molar-refractivity contribution in [3.05, 3.63) is 40.2 Å². The van der Waals surface area contributed by atoms with Gasteiger partial charge < -0.3 is 14.3 Å². The van der Waals surface area contributed by atoms with Crippen LogP contribution in [0, 0.1) is 12.8 Å². The van der Waals surface area contributed by atoms with Gasteiger partial charge in [0.05, 0.1) is 12.5 Å². The first-order chi connectivity index (χ1) is 14.5. The highest BCUT2D eigenvalue weighted by atomic mass is 32.1. The Balaban J connectivity index is 1.54. The monoisotopic (exact) mass is 426 g/mol. The van der Waals surface area contributed by atoms with E-state index < -0.39 is 0 Å². The Hall–Kier alpha value is -2.81. The predicted molar refractivity (Wildman–Crippen MR) is 115 cm³/mol. The maximum Gasteiger partial charge on any atom is 0.263 e. The number of amides is 1. The number of anilines is 1. The van der Waals surface area contributed by atoms with E-state index in [9.17, 15) is 4.79 Å². The van der Waals surface area contributed by atoms with Gasteiger partial charge in [0, 0.05) is 37.6 Å². The van der Waals surface area contributed by atoms with Crippen LogP contribution in [0.4, 0.5) is 5.82 Å². The van der Waals surface area contributed by atoms with E-state index in [0.717, 1.165) is 25.2 Å². The van der Waals surface area contributed by atoms with Crippen LogP contribution in [-0.4, -0.2) is 51.1 Å². The second-order valence-corrected chi connectivity index (χ2v) is 8.61. The average molecular weight is 427 g/mol. The lowest BCUT2D eigenvalue weighted by molar-refractivity contribution is -0.135. The molecule has 4 rings (SSSR count). The van der Waals surface area contributed by atoms with Gasteiger partial charge in [-0.2, -0.15) is 4.98 Å². The van der Waals surface area contributed by atoms with Crippen LogP contribution in [-0.2, 0) is 17.8 Å². The molecule has 0 aliphatic carbocycles. The van der Waals surface area contributed by atoms with Crippen molar-refractivity contribution >= 4 is 23.1 Å². The van der Waals surface area contributed by atoms with Crippen LogP contribution in [0.1, 0.15) is 36.3 Å². The number of piperidine rings is 1. The van der Waals surface area contributed by atoms with Crippen LogP contribution in [0.25, 0.3) is 11.5 Å². The van der Waals surface area contributed by atoms with E-state index in [4.69, 9.17) is 4.52 Å². The Morgan fingerprint density at radius 3 is 3.00 bits per heavy atom. The first-order valence-electron chi connectivity index (χ1n) is 10.2. The Bertz CT molecular complexity index is 1000. The molecule has 1 aliphatic heterocycles. The predicted octanol–water partition coefficient (Wildman–Crippen LogP) is 3.33. The zero-order valence-electron chi connectivity index (χ0n) is 17.5. The normalized spacial score (nSPS) is 16.6. The van der Waals surface area contributed by atoms with Gasteiger partial charge in [0.1, 0.15) is 17.2 Å². The van der Waals surface area contributed by atoms with E-state index in [0.29, 0.717) is 42.6 Å². The lowest BCUT2D eigenvalue weighted by atomic mass is 9.96. The molecule has 3 aromatic rings. The van der Waals surface area contributed by atoms with Crippen molar-refractivity contribution in [3.63, 3.8) is 0 Å². The molecule has 0 aromatic carbocycles. The fraction of sp³-hybridized carbons (Fsp3) is 0.476. The Morgan fingerprint density at radius 1 is 1.40 bits per heavy atom. The van der Waals surface area contributed by atoms with Crippen molar-refractivity contribution < 1.29 is 9.32 Å². The van der Waals surface area contributed by atoms with Gasteiger partial charge in [0.2, 0.25) is 5.91 Å². The van der Waals surface area contributed by atoms with E-state index in [1.165, 1.54) is 4.88 Å². The molecule has 1 atom stereocenters. The highest BCUT2D eigenvalue weighted by molar-refractivity contribution is 7.09. The number of aromatic nitrogens is 4. The van der Waals surface area contributed by atoms with Crippen molar-refractivity contribution in [2.24, 2.45) is 5.92 Å². The first kappa shape index (κ1) is 20.5. The third-order valence-electron chi connectivity index (χ3n) is 5.32. The maximum atomic E-state index is 13.1. The average Bonchev–Trinajstić information content (AvgIpc) is 3.45. The summed E-state index contributed by atoms with van der Waals surface area (Å²) in [7, 11) is 1.88.